The number of hydrogen-bond donors (Lipinski definition) is 2. The van der Waals surface area contributed by atoms with Crippen LogP contribution >= 0.6 is 0 Å². The third kappa shape index (κ3) is 16.8. The molecule has 0 saturated carbocycles. The van der Waals surface area contributed by atoms with Crippen LogP contribution in [-0.2, 0) is 0 Å². The lowest BCUT2D eigenvalue weighted by Gasteiger charge is -1.85. The van der Waals surface area contributed by atoms with E-state index in [0.29, 0.717) is 0 Å². The van der Waals surface area contributed by atoms with E-state index in [4.69, 9.17) is 10.5 Å². The largest absolute Gasteiger partial charge is 0.255 e. The van der Waals surface area contributed by atoms with Crippen LogP contribution in [0.4, 0.5) is 0 Å². The van der Waals surface area contributed by atoms with Gasteiger partial charge in [-0.15, -0.1) is 0 Å². The second kappa shape index (κ2) is 15.8. The van der Waals surface area contributed by atoms with Crippen molar-refractivity contribution in [3.05, 3.63) is 6.42 Å². The molecule has 0 rings (SSSR count). The van der Waals surface area contributed by atoms with E-state index in [1.165, 1.54) is 19.3 Å². The topological polar surface area (TPSA) is 40.5 Å². The fourth-order valence-corrected chi connectivity index (χ4v) is 0.408. The van der Waals surface area contributed by atoms with E-state index in [1.54, 1.807) is 0 Å². The molecule has 2 N–H and O–H groups in total. The van der Waals surface area contributed by atoms with Gasteiger partial charge in [0.05, 0.1) is 0 Å². The van der Waals surface area contributed by atoms with Gasteiger partial charge in [-0.2, -0.15) is 0 Å². The van der Waals surface area contributed by atoms with E-state index >= 15 is 0 Å². The second-order valence-electron chi connectivity index (χ2n) is 1.49. The molecule has 0 aliphatic carbocycles. The summed E-state index contributed by atoms with van der Waals surface area (Å²) in [6.45, 7) is 4.38. The predicted octanol–water partition coefficient (Wildman–Crippen LogP) is 2.42. The Morgan fingerprint density at radius 3 is 1.88 bits per heavy atom. The Morgan fingerprint density at radius 1 is 1.25 bits per heavy atom. The molecule has 0 fully saturated rings. The zero-order valence-corrected chi connectivity index (χ0v) is 5.59. The van der Waals surface area contributed by atoms with Gasteiger partial charge in [-0.05, 0) is 6.42 Å². The summed E-state index contributed by atoms with van der Waals surface area (Å²) in [6.07, 6.45) is 6.12. The molecule has 2 nitrogen and oxygen atoms in total. The monoisotopic (exact) mass is 119 g/mol. The van der Waals surface area contributed by atoms with Crippen LogP contribution < -0.4 is 0 Å². The molecule has 0 aromatic rings. The zero-order valence-electron chi connectivity index (χ0n) is 5.59. The predicted molar refractivity (Wildman–Crippen MR) is 34.8 cm³/mol. The van der Waals surface area contributed by atoms with Gasteiger partial charge < -0.3 is 0 Å². The van der Waals surface area contributed by atoms with Gasteiger partial charge in [0.25, 0.3) is 0 Å². The van der Waals surface area contributed by atoms with Crippen LogP contribution in [0.1, 0.15) is 33.1 Å². The maximum absolute atomic E-state index is 6.00. The summed E-state index contributed by atoms with van der Waals surface area (Å²) in [7, 11) is 0. The third-order valence-corrected chi connectivity index (χ3v) is 0.781. The van der Waals surface area contributed by atoms with Gasteiger partial charge in [0.1, 0.15) is 0 Å². The molecule has 0 amide bonds. The SMILES string of the molecule is CC[CH]CCC.OO. The van der Waals surface area contributed by atoms with Gasteiger partial charge in [0, 0.05) is 0 Å². The lowest BCUT2D eigenvalue weighted by molar-refractivity contribution is -0.176. The molecule has 0 unspecified atom stereocenters. The lowest BCUT2D eigenvalue weighted by Crippen LogP contribution is -1.67. The Morgan fingerprint density at radius 2 is 1.75 bits per heavy atom. The number of hydrogen-bond acceptors (Lipinski definition) is 2. The van der Waals surface area contributed by atoms with Crippen molar-refractivity contribution in [3.63, 3.8) is 0 Å². The standard InChI is InChI=1S/C6H13.H2O2/c1-3-5-6-4-2;1-2/h5H,3-4,6H2,1-2H3;1-2H. The Hall–Kier alpha value is -0.0800. The molecular weight excluding hydrogens is 104 g/mol. The van der Waals surface area contributed by atoms with Crippen LogP contribution in [0.3, 0.4) is 0 Å². The molecule has 0 atom stereocenters. The van der Waals surface area contributed by atoms with Crippen molar-refractivity contribution < 1.29 is 10.5 Å². The third-order valence-electron chi connectivity index (χ3n) is 0.781. The van der Waals surface area contributed by atoms with Crippen LogP contribution in [0.2, 0.25) is 0 Å². The number of unbranched alkanes of at least 4 members (excludes halogenated alkanes) is 3. The summed E-state index contributed by atoms with van der Waals surface area (Å²) in [5, 5.41) is 12.0. The summed E-state index contributed by atoms with van der Waals surface area (Å²) in [4.78, 5) is 0. The van der Waals surface area contributed by atoms with Crippen molar-refractivity contribution >= 4 is 0 Å². The summed E-state index contributed by atoms with van der Waals surface area (Å²) in [5.74, 6) is 0. The van der Waals surface area contributed by atoms with Crippen LogP contribution in [-0.4, -0.2) is 10.5 Å². The van der Waals surface area contributed by atoms with E-state index in [0.717, 1.165) is 0 Å². The quantitative estimate of drug-likeness (QED) is 0.340. The Labute approximate surface area is 51.1 Å². The van der Waals surface area contributed by atoms with Crippen LogP contribution in [0.15, 0.2) is 0 Å². The average molecular weight is 119 g/mol. The van der Waals surface area contributed by atoms with Gasteiger partial charge >= 0.3 is 0 Å². The normalized spacial score (nSPS) is 7.50. The van der Waals surface area contributed by atoms with E-state index in [9.17, 15) is 0 Å². The van der Waals surface area contributed by atoms with Crippen LogP contribution in [0.5, 0.6) is 0 Å². The van der Waals surface area contributed by atoms with Gasteiger partial charge in [-0.1, -0.05) is 33.1 Å². The van der Waals surface area contributed by atoms with E-state index < -0.39 is 0 Å². The van der Waals surface area contributed by atoms with Crippen molar-refractivity contribution in [1.29, 1.82) is 0 Å². The fourth-order valence-electron chi connectivity index (χ4n) is 0.408. The maximum atomic E-state index is 6.00. The van der Waals surface area contributed by atoms with E-state index in [1.807, 2.05) is 0 Å². The van der Waals surface area contributed by atoms with Crippen molar-refractivity contribution in [2.45, 2.75) is 33.1 Å². The molecule has 2 heteroatoms. The molecule has 0 aliphatic heterocycles. The van der Waals surface area contributed by atoms with Crippen molar-refractivity contribution in [3.8, 4) is 0 Å². The van der Waals surface area contributed by atoms with Gasteiger partial charge in [-0.3, -0.25) is 10.5 Å². The maximum Gasteiger partial charge on any atom is -0.0389 e. The molecule has 0 aromatic heterocycles. The van der Waals surface area contributed by atoms with Gasteiger partial charge in [-0.25, -0.2) is 0 Å². The zero-order chi connectivity index (χ0) is 6.83. The minimum absolute atomic E-state index is 1.23. The Kier molecular flexibility index (Phi) is 21.3. The minimum atomic E-state index is 1.23. The van der Waals surface area contributed by atoms with E-state index in [-0.39, 0.29) is 0 Å². The highest BCUT2D eigenvalue weighted by molar-refractivity contribution is 4.57. The molecule has 0 aromatic carbocycles. The lowest BCUT2D eigenvalue weighted by atomic mass is 10.2. The first kappa shape index (κ1) is 10.8. The molecule has 0 bridgehead atoms. The van der Waals surface area contributed by atoms with Crippen LogP contribution in [0.25, 0.3) is 0 Å². The summed E-state index contributed by atoms with van der Waals surface area (Å²) < 4.78 is 0. The van der Waals surface area contributed by atoms with Gasteiger partial charge in [0.2, 0.25) is 0 Å². The smallest absolute Gasteiger partial charge is 0.0389 e. The Bertz CT molecular complexity index is 18.5. The average Bonchev–Trinajstić information content (AvgIpc) is 1.88. The second-order valence-corrected chi connectivity index (χ2v) is 1.49. The summed E-state index contributed by atoms with van der Waals surface area (Å²) in [5.41, 5.74) is 0. The first-order chi connectivity index (χ1) is 3.91. The summed E-state index contributed by atoms with van der Waals surface area (Å²) >= 11 is 0. The minimum Gasteiger partial charge on any atom is -0.255 e. The molecule has 0 aliphatic rings. The highest BCUT2D eigenvalue weighted by atomic mass is 17.0. The molecule has 0 heterocycles. The molecule has 51 valence electrons. The molecular formula is C6H15O2. The van der Waals surface area contributed by atoms with Crippen molar-refractivity contribution in [1.82, 2.24) is 0 Å². The van der Waals surface area contributed by atoms with Crippen LogP contribution in [0, 0.1) is 6.42 Å². The van der Waals surface area contributed by atoms with Crippen molar-refractivity contribution in [2.24, 2.45) is 0 Å². The highest BCUT2D eigenvalue weighted by Gasteiger charge is 1.75. The molecule has 0 spiro atoms. The number of rotatable bonds is 3. The summed E-state index contributed by atoms with van der Waals surface area (Å²) in [6, 6.07) is 0. The first-order valence-corrected chi connectivity index (χ1v) is 2.93. The molecule has 8 heavy (non-hydrogen) atoms. The molecule has 1 radical (unpaired) electrons. The highest BCUT2D eigenvalue weighted by Crippen LogP contribution is 1.93. The van der Waals surface area contributed by atoms with E-state index in [2.05, 4.69) is 20.3 Å². The van der Waals surface area contributed by atoms with Crippen molar-refractivity contribution in [2.75, 3.05) is 0 Å². The fraction of sp³-hybridized carbons (Fsp3) is 0.833. The first-order valence-electron chi connectivity index (χ1n) is 2.93. The Balaban J connectivity index is 0. The molecule has 0 saturated heterocycles. The van der Waals surface area contributed by atoms with Gasteiger partial charge in [0.15, 0.2) is 0 Å².